The van der Waals surface area contributed by atoms with E-state index in [1.54, 1.807) is 24.3 Å². The number of sulfone groups is 1. The largest absolute Gasteiger partial charge is 0.342 e. The molecule has 5 rings (SSSR count). The maximum atomic E-state index is 14.1. The van der Waals surface area contributed by atoms with Gasteiger partial charge in [-0.05, 0) is 84.7 Å². The number of hydrogen-bond donors (Lipinski definition) is 1. The zero-order valence-corrected chi connectivity index (χ0v) is 21.7. The Morgan fingerprint density at radius 2 is 1.53 bits per heavy atom. The Morgan fingerprint density at radius 1 is 0.895 bits per heavy atom. The second-order valence-corrected chi connectivity index (χ2v) is 12.1. The molecule has 3 aromatic rings. The normalized spacial score (nSPS) is 19.7. The van der Waals surface area contributed by atoms with Crippen molar-refractivity contribution in [3.8, 4) is 0 Å². The van der Waals surface area contributed by atoms with Gasteiger partial charge in [0.15, 0.2) is 9.84 Å². The number of anilines is 1. The molecule has 38 heavy (non-hydrogen) atoms. The molecule has 2 unspecified atom stereocenters. The van der Waals surface area contributed by atoms with E-state index in [2.05, 4.69) is 5.32 Å². The van der Waals surface area contributed by atoms with Crippen LogP contribution in [0.2, 0.25) is 0 Å². The summed E-state index contributed by atoms with van der Waals surface area (Å²) in [5.74, 6) is -1.14. The Kier molecular flexibility index (Phi) is 7.05. The van der Waals surface area contributed by atoms with E-state index in [1.807, 2.05) is 17.0 Å². The van der Waals surface area contributed by atoms with Crippen LogP contribution in [0.1, 0.15) is 52.6 Å². The van der Waals surface area contributed by atoms with Gasteiger partial charge in [0.1, 0.15) is 16.5 Å². The lowest BCUT2D eigenvalue weighted by Gasteiger charge is -2.32. The summed E-state index contributed by atoms with van der Waals surface area (Å²) in [7, 11) is -3.72. The van der Waals surface area contributed by atoms with Gasteiger partial charge in [-0.25, -0.2) is 17.2 Å². The van der Waals surface area contributed by atoms with Crippen LogP contribution in [0.5, 0.6) is 0 Å². The molecule has 2 fully saturated rings. The second kappa shape index (κ2) is 10.3. The van der Waals surface area contributed by atoms with Crippen molar-refractivity contribution in [2.75, 3.05) is 24.7 Å². The van der Waals surface area contributed by atoms with Gasteiger partial charge in [-0.1, -0.05) is 24.3 Å². The topological polar surface area (TPSA) is 83.6 Å². The van der Waals surface area contributed by atoms with Crippen LogP contribution >= 0.6 is 0 Å². The van der Waals surface area contributed by atoms with Crippen molar-refractivity contribution in [2.45, 2.75) is 36.0 Å². The third kappa shape index (κ3) is 5.62. The molecular weight excluding hydrogens is 510 g/mol. The lowest BCUT2D eigenvalue weighted by molar-refractivity contribution is -0.133. The Labute approximate surface area is 220 Å². The number of halogens is 2. The first kappa shape index (κ1) is 26.0. The number of nitrogens with zero attached hydrogens (tertiary/aromatic N) is 1. The minimum atomic E-state index is -3.72. The smallest absolute Gasteiger partial charge is 0.255 e. The maximum absolute atomic E-state index is 14.1. The van der Waals surface area contributed by atoms with E-state index in [0.717, 1.165) is 48.8 Å². The zero-order valence-electron chi connectivity index (χ0n) is 20.9. The van der Waals surface area contributed by atoms with Crippen molar-refractivity contribution in [3.63, 3.8) is 0 Å². The lowest BCUT2D eigenvalue weighted by Crippen LogP contribution is -2.39. The monoisotopic (exact) mass is 538 g/mol. The molecule has 1 aliphatic heterocycles. The number of piperidine rings is 1. The van der Waals surface area contributed by atoms with Gasteiger partial charge in [0.05, 0.1) is 0 Å². The zero-order chi connectivity index (χ0) is 27.0. The highest BCUT2D eigenvalue weighted by molar-refractivity contribution is 7.90. The Bertz CT molecular complexity index is 1470. The summed E-state index contributed by atoms with van der Waals surface area (Å²) >= 11 is 0. The van der Waals surface area contributed by atoms with Gasteiger partial charge in [-0.3, -0.25) is 9.59 Å². The number of likely N-dealkylation sites (tertiary alicyclic amines) is 1. The van der Waals surface area contributed by atoms with Crippen molar-refractivity contribution >= 4 is 27.3 Å². The number of carbonyl (C=O) groups is 2. The molecule has 0 spiro atoms. The molecule has 0 bridgehead atoms. The van der Waals surface area contributed by atoms with E-state index in [9.17, 15) is 26.8 Å². The fraction of sp³-hybridized carbons (Fsp3) is 0.310. The summed E-state index contributed by atoms with van der Waals surface area (Å²) < 4.78 is 50.5. The fourth-order valence-electron chi connectivity index (χ4n) is 5.20. The quantitative estimate of drug-likeness (QED) is 0.472. The van der Waals surface area contributed by atoms with Crippen molar-refractivity contribution in [2.24, 2.45) is 5.92 Å². The summed E-state index contributed by atoms with van der Waals surface area (Å²) in [5.41, 5.74) is 2.70. The molecular formula is C29H28F2N2O4S. The van der Waals surface area contributed by atoms with Crippen LogP contribution in [0.4, 0.5) is 14.5 Å². The van der Waals surface area contributed by atoms with Gasteiger partial charge in [-0.2, -0.15) is 0 Å². The second-order valence-electron chi connectivity index (χ2n) is 10.1. The highest BCUT2D eigenvalue weighted by Gasteiger charge is 2.46. The first-order valence-corrected chi connectivity index (χ1v) is 14.4. The molecule has 0 radical (unpaired) electrons. The minimum Gasteiger partial charge on any atom is -0.342 e. The minimum absolute atomic E-state index is 0.0176. The SMILES string of the molecule is CS(=O)(=O)c1ccc(C(=O)Nc2ccc(C3CCN(C(=O)C4CC4c4ccc(F)cc4)CC3)cc2)cc1F. The fourth-order valence-corrected chi connectivity index (χ4v) is 5.93. The van der Waals surface area contributed by atoms with Crippen LogP contribution in [-0.2, 0) is 14.6 Å². The van der Waals surface area contributed by atoms with Crippen LogP contribution in [-0.4, -0.2) is 44.5 Å². The molecule has 2 amide bonds. The van der Waals surface area contributed by atoms with E-state index in [0.29, 0.717) is 24.7 Å². The number of carbonyl (C=O) groups excluding carboxylic acids is 2. The number of benzene rings is 3. The molecule has 3 aromatic carbocycles. The molecule has 1 saturated carbocycles. The predicted molar refractivity (Wildman–Crippen MR) is 140 cm³/mol. The molecule has 0 aromatic heterocycles. The summed E-state index contributed by atoms with van der Waals surface area (Å²) in [6, 6.07) is 17.1. The molecule has 1 N–H and O–H groups in total. The van der Waals surface area contributed by atoms with Crippen LogP contribution in [0.3, 0.4) is 0 Å². The van der Waals surface area contributed by atoms with E-state index in [4.69, 9.17) is 0 Å². The van der Waals surface area contributed by atoms with E-state index < -0.39 is 26.5 Å². The molecule has 2 aliphatic rings. The predicted octanol–water partition coefficient (Wildman–Crippen LogP) is 5.13. The summed E-state index contributed by atoms with van der Waals surface area (Å²) in [6.07, 6.45) is 3.41. The Hall–Kier alpha value is -3.59. The van der Waals surface area contributed by atoms with Crippen molar-refractivity contribution in [1.82, 2.24) is 4.90 Å². The standard InChI is InChI=1S/C29H28F2N2O4S/c1-38(36,37)27-11-6-21(16-26(27)31)28(34)32-23-9-4-18(5-10-23)19-12-14-33(15-13-19)29(35)25-17-24(25)20-2-7-22(30)8-3-20/h2-11,16,19,24-25H,12-15,17H2,1H3,(H,32,34). The molecule has 6 nitrogen and oxygen atoms in total. The molecule has 1 saturated heterocycles. The highest BCUT2D eigenvalue weighted by atomic mass is 32.2. The van der Waals surface area contributed by atoms with Crippen molar-refractivity contribution in [1.29, 1.82) is 0 Å². The molecule has 2 atom stereocenters. The molecule has 1 heterocycles. The number of hydrogen-bond acceptors (Lipinski definition) is 4. The first-order chi connectivity index (χ1) is 18.1. The lowest BCUT2D eigenvalue weighted by atomic mass is 9.89. The first-order valence-electron chi connectivity index (χ1n) is 12.6. The van der Waals surface area contributed by atoms with Gasteiger partial charge < -0.3 is 10.2 Å². The van der Waals surface area contributed by atoms with Gasteiger partial charge >= 0.3 is 0 Å². The van der Waals surface area contributed by atoms with Crippen LogP contribution in [0.15, 0.2) is 71.6 Å². The average molecular weight is 539 g/mol. The van der Waals surface area contributed by atoms with E-state index in [-0.39, 0.29) is 29.1 Å². The summed E-state index contributed by atoms with van der Waals surface area (Å²) in [4.78, 5) is 27.0. The van der Waals surface area contributed by atoms with E-state index >= 15 is 0 Å². The average Bonchev–Trinajstić information content (AvgIpc) is 3.69. The molecule has 198 valence electrons. The van der Waals surface area contributed by atoms with Crippen LogP contribution < -0.4 is 5.32 Å². The number of amides is 2. The van der Waals surface area contributed by atoms with Gasteiger partial charge in [0.2, 0.25) is 5.91 Å². The van der Waals surface area contributed by atoms with Crippen LogP contribution in [0, 0.1) is 17.6 Å². The number of rotatable bonds is 6. The summed E-state index contributed by atoms with van der Waals surface area (Å²) in [6.45, 7) is 1.37. The molecule has 9 heteroatoms. The summed E-state index contributed by atoms with van der Waals surface area (Å²) in [5, 5.41) is 2.71. The van der Waals surface area contributed by atoms with Gasteiger partial charge in [0, 0.05) is 36.5 Å². The molecule has 1 aliphatic carbocycles. The number of nitrogens with one attached hydrogen (secondary N) is 1. The van der Waals surface area contributed by atoms with Crippen LogP contribution in [0.25, 0.3) is 0 Å². The highest BCUT2D eigenvalue weighted by Crippen LogP contribution is 2.49. The van der Waals surface area contributed by atoms with Crippen molar-refractivity contribution < 1.29 is 26.8 Å². The third-order valence-electron chi connectivity index (χ3n) is 7.45. The van der Waals surface area contributed by atoms with Gasteiger partial charge in [-0.15, -0.1) is 0 Å². The Morgan fingerprint density at radius 3 is 2.13 bits per heavy atom. The van der Waals surface area contributed by atoms with Crippen molar-refractivity contribution in [3.05, 3.63) is 95.1 Å². The maximum Gasteiger partial charge on any atom is 0.255 e. The Balaban J connectivity index is 1.13. The van der Waals surface area contributed by atoms with Gasteiger partial charge in [0.25, 0.3) is 5.91 Å². The van der Waals surface area contributed by atoms with E-state index in [1.165, 1.54) is 18.2 Å². The third-order valence-corrected chi connectivity index (χ3v) is 8.58.